The molecule has 32 heavy (non-hydrogen) atoms. The van der Waals surface area contributed by atoms with Crippen molar-refractivity contribution in [3.8, 4) is 0 Å². The summed E-state index contributed by atoms with van der Waals surface area (Å²) in [5, 5.41) is 33.1. The zero-order valence-electron chi connectivity index (χ0n) is 20.1. The Morgan fingerprint density at radius 1 is 1.03 bits per heavy atom. The molecule has 180 valence electrons. The van der Waals surface area contributed by atoms with Crippen molar-refractivity contribution in [1.29, 1.82) is 0 Å². The van der Waals surface area contributed by atoms with Crippen LogP contribution in [0.4, 0.5) is 0 Å². The van der Waals surface area contributed by atoms with Crippen LogP contribution in [0.15, 0.2) is 12.2 Å². The van der Waals surface area contributed by atoms with Gasteiger partial charge in [-0.1, -0.05) is 32.9 Å². The second-order valence-corrected chi connectivity index (χ2v) is 12.9. The summed E-state index contributed by atoms with van der Waals surface area (Å²) in [5.74, 6) is 1.82. The lowest BCUT2D eigenvalue weighted by atomic mass is 9.42. The van der Waals surface area contributed by atoms with Gasteiger partial charge in [0, 0.05) is 24.2 Å². The van der Waals surface area contributed by atoms with Crippen LogP contribution in [-0.4, -0.2) is 51.6 Å². The quantitative estimate of drug-likeness (QED) is 0.493. The zero-order chi connectivity index (χ0) is 22.7. The summed E-state index contributed by atoms with van der Waals surface area (Å²) >= 11 is 0. The summed E-state index contributed by atoms with van der Waals surface area (Å²) in [6.07, 6.45) is 6.64. The van der Waals surface area contributed by atoms with E-state index in [-0.39, 0.29) is 11.5 Å². The predicted octanol–water partition coefficient (Wildman–Crippen LogP) is 3.80. The molecule has 4 aliphatic carbocycles. The fourth-order valence-corrected chi connectivity index (χ4v) is 10.2. The highest BCUT2D eigenvalue weighted by atomic mass is 16.7. The van der Waals surface area contributed by atoms with E-state index in [9.17, 15) is 15.3 Å². The second-order valence-electron chi connectivity index (χ2n) is 12.9. The van der Waals surface area contributed by atoms with Crippen molar-refractivity contribution in [2.45, 2.75) is 108 Å². The summed E-state index contributed by atoms with van der Waals surface area (Å²) in [5.41, 5.74) is -0.0986. The molecule has 5 nitrogen and oxygen atoms in total. The summed E-state index contributed by atoms with van der Waals surface area (Å²) in [6, 6.07) is 0. The van der Waals surface area contributed by atoms with Gasteiger partial charge in [-0.25, -0.2) is 0 Å². The standard InChI is InChI=1S/C27H42O5/c1-15-5-10-27(31-14-15)16(2)23-21(32-27)12-20-18-6-9-26(30)13-17(28)11-22(29)25(26,4)19(18)7-8-24(20,23)3/h16-23,28-30H,1,5-14H2,2-4H3/t16-,17+,18+,19-,20-,21-,22+,23-,24-,25-,26-,27+/m0/s1. The minimum absolute atomic E-state index is 0.220. The van der Waals surface area contributed by atoms with Gasteiger partial charge in [0.05, 0.1) is 30.5 Å². The molecule has 2 aliphatic heterocycles. The molecule has 0 radical (unpaired) electrons. The highest BCUT2D eigenvalue weighted by Gasteiger charge is 2.71. The van der Waals surface area contributed by atoms with E-state index in [0.717, 1.165) is 38.5 Å². The molecule has 1 spiro atoms. The molecule has 6 rings (SSSR count). The van der Waals surface area contributed by atoms with E-state index in [0.29, 0.717) is 55.5 Å². The first-order valence-corrected chi connectivity index (χ1v) is 13.1. The van der Waals surface area contributed by atoms with E-state index in [1.807, 2.05) is 0 Å². The van der Waals surface area contributed by atoms with E-state index in [4.69, 9.17) is 9.47 Å². The van der Waals surface area contributed by atoms with E-state index in [1.54, 1.807) is 0 Å². The average Bonchev–Trinajstić information content (AvgIpc) is 3.17. The molecule has 0 aromatic rings. The van der Waals surface area contributed by atoms with Gasteiger partial charge in [0.1, 0.15) is 0 Å². The third kappa shape index (κ3) is 2.58. The van der Waals surface area contributed by atoms with Gasteiger partial charge >= 0.3 is 0 Å². The minimum atomic E-state index is -0.959. The summed E-state index contributed by atoms with van der Waals surface area (Å²) < 4.78 is 13.1. The molecule has 3 N–H and O–H groups in total. The smallest absolute Gasteiger partial charge is 0.172 e. The van der Waals surface area contributed by atoms with Crippen molar-refractivity contribution >= 4 is 0 Å². The highest BCUT2D eigenvalue weighted by Crippen LogP contribution is 2.71. The van der Waals surface area contributed by atoms with Gasteiger partial charge in [-0.2, -0.15) is 0 Å². The SMILES string of the molecule is C=C1CC[C@@]2(OC1)O[C@H]1C[C@H]3[C@@H]4CC[C@]5(O)C[C@H](O)C[C@@H](O)[C@]5(C)[C@H]4CC[C@]3(C)[C@H]1[C@@H]2C. The first-order valence-electron chi connectivity index (χ1n) is 13.1. The maximum atomic E-state index is 11.7. The maximum absolute atomic E-state index is 11.7. The van der Waals surface area contributed by atoms with Gasteiger partial charge in [0.2, 0.25) is 0 Å². The largest absolute Gasteiger partial charge is 0.393 e. The Hall–Kier alpha value is -0.460. The van der Waals surface area contributed by atoms with E-state index < -0.39 is 29.0 Å². The molecule has 6 aliphatic rings. The molecule has 6 fully saturated rings. The molecule has 0 aromatic carbocycles. The van der Waals surface area contributed by atoms with Crippen molar-refractivity contribution in [2.24, 2.45) is 40.4 Å². The first-order chi connectivity index (χ1) is 15.0. The van der Waals surface area contributed by atoms with Gasteiger partial charge < -0.3 is 24.8 Å². The maximum Gasteiger partial charge on any atom is 0.172 e. The molecule has 0 aromatic heterocycles. The monoisotopic (exact) mass is 446 g/mol. The number of rotatable bonds is 0. The van der Waals surface area contributed by atoms with Crippen LogP contribution >= 0.6 is 0 Å². The lowest BCUT2D eigenvalue weighted by molar-refractivity contribution is -0.267. The number of aliphatic hydroxyl groups excluding tert-OH is 2. The Morgan fingerprint density at radius 2 is 1.81 bits per heavy atom. The second kappa shape index (κ2) is 6.81. The number of fused-ring (bicyclic) bond motifs is 7. The number of ether oxygens (including phenoxy) is 2. The van der Waals surface area contributed by atoms with Crippen LogP contribution in [0.5, 0.6) is 0 Å². The van der Waals surface area contributed by atoms with Crippen molar-refractivity contribution < 1.29 is 24.8 Å². The summed E-state index contributed by atoms with van der Waals surface area (Å²) in [7, 11) is 0. The van der Waals surface area contributed by atoms with E-state index in [2.05, 4.69) is 27.4 Å². The van der Waals surface area contributed by atoms with Gasteiger partial charge in [-0.05, 0) is 74.0 Å². The van der Waals surface area contributed by atoms with Crippen LogP contribution in [-0.2, 0) is 9.47 Å². The predicted molar refractivity (Wildman–Crippen MR) is 121 cm³/mol. The molecule has 2 heterocycles. The molecule has 0 amide bonds. The molecule has 4 saturated carbocycles. The lowest BCUT2D eigenvalue weighted by Gasteiger charge is -2.65. The fraction of sp³-hybridized carbons (Fsp3) is 0.926. The van der Waals surface area contributed by atoms with E-state index in [1.165, 1.54) is 5.57 Å². The van der Waals surface area contributed by atoms with Crippen molar-refractivity contribution in [3.05, 3.63) is 12.2 Å². The Labute approximate surface area is 192 Å². The van der Waals surface area contributed by atoms with Crippen LogP contribution in [0.1, 0.15) is 78.6 Å². The van der Waals surface area contributed by atoms with Crippen molar-refractivity contribution in [3.63, 3.8) is 0 Å². The number of aliphatic hydroxyl groups is 3. The number of hydrogen-bond donors (Lipinski definition) is 3. The molecular weight excluding hydrogens is 404 g/mol. The van der Waals surface area contributed by atoms with Crippen LogP contribution in [0, 0.1) is 40.4 Å². The molecule has 2 saturated heterocycles. The Morgan fingerprint density at radius 3 is 2.53 bits per heavy atom. The normalized spacial score (nSPS) is 61.8. The molecular formula is C27H42O5. The summed E-state index contributed by atoms with van der Waals surface area (Å²) in [6.45, 7) is 11.7. The average molecular weight is 447 g/mol. The van der Waals surface area contributed by atoms with Crippen LogP contribution < -0.4 is 0 Å². The zero-order valence-corrected chi connectivity index (χ0v) is 20.1. The third-order valence-corrected chi connectivity index (χ3v) is 11.9. The van der Waals surface area contributed by atoms with Gasteiger partial charge in [-0.15, -0.1) is 0 Å². The summed E-state index contributed by atoms with van der Waals surface area (Å²) in [4.78, 5) is 0. The van der Waals surface area contributed by atoms with Crippen LogP contribution in [0.25, 0.3) is 0 Å². The van der Waals surface area contributed by atoms with Crippen LogP contribution in [0.2, 0.25) is 0 Å². The minimum Gasteiger partial charge on any atom is -0.393 e. The van der Waals surface area contributed by atoms with Gasteiger partial charge in [-0.3, -0.25) is 0 Å². The first kappa shape index (κ1) is 22.0. The number of hydrogen-bond acceptors (Lipinski definition) is 5. The molecule has 0 unspecified atom stereocenters. The third-order valence-electron chi connectivity index (χ3n) is 11.9. The Balaban J connectivity index is 1.29. The molecule has 12 atom stereocenters. The Kier molecular flexibility index (Phi) is 4.69. The highest BCUT2D eigenvalue weighted by molar-refractivity contribution is 5.19. The van der Waals surface area contributed by atoms with Gasteiger partial charge in [0.25, 0.3) is 0 Å². The van der Waals surface area contributed by atoms with Crippen molar-refractivity contribution in [2.75, 3.05) is 6.61 Å². The molecule has 5 heteroatoms. The molecule has 0 bridgehead atoms. The Bertz CT molecular complexity index is 802. The fourth-order valence-electron chi connectivity index (χ4n) is 10.2. The van der Waals surface area contributed by atoms with Gasteiger partial charge in [0.15, 0.2) is 5.79 Å². The van der Waals surface area contributed by atoms with Crippen LogP contribution in [0.3, 0.4) is 0 Å². The van der Waals surface area contributed by atoms with E-state index >= 15 is 0 Å². The lowest BCUT2D eigenvalue weighted by Crippen LogP contribution is -2.68. The topological polar surface area (TPSA) is 79.2 Å². The van der Waals surface area contributed by atoms with Crippen molar-refractivity contribution in [1.82, 2.24) is 0 Å².